The maximum absolute atomic E-state index is 13.1. The highest BCUT2D eigenvalue weighted by atomic mass is 31.2. The molecule has 0 aliphatic rings. The van der Waals surface area contributed by atoms with Crippen molar-refractivity contribution in [2.24, 2.45) is 23.7 Å². The molecule has 6 atom stereocenters. The van der Waals surface area contributed by atoms with E-state index in [1.165, 1.54) is 161 Å². The highest BCUT2D eigenvalue weighted by Crippen LogP contribution is 2.45. The molecule has 0 aliphatic carbocycles. The first-order chi connectivity index (χ1) is 44.1. The van der Waals surface area contributed by atoms with Crippen LogP contribution in [0.4, 0.5) is 0 Å². The van der Waals surface area contributed by atoms with Gasteiger partial charge in [-0.3, -0.25) is 37.3 Å². The second kappa shape index (κ2) is 62.6. The van der Waals surface area contributed by atoms with Gasteiger partial charge in [0.25, 0.3) is 0 Å². The largest absolute Gasteiger partial charge is 0.472 e. The number of aliphatic hydroxyl groups is 1. The van der Waals surface area contributed by atoms with Gasteiger partial charge in [0.05, 0.1) is 26.4 Å². The predicted octanol–water partition coefficient (Wildman–Crippen LogP) is 20.9. The van der Waals surface area contributed by atoms with E-state index in [1.54, 1.807) is 0 Å². The fourth-order valence-electron chi connectivity index (χ4n) is 11.0. The zero-order valence-corrected chi connectivity index (χ0v) is 62.0. The molecule has 0 saturated heterocycles. The molecule has 0 saturated carbocycles. The van der Waals surface area contributed by atoms with Crippen LogP contribution in [0.1, 0.15) is 364 Å². The molecule has 3 unspecified atom stereocenters. The third kappa shape index (κ3) is 65.4. The lowest BCUT2D eigenvalue weighted by Crippen LogP contribution is -2.30. The molecule has 0 bridgehead atoms. The van der Waals surface area contributed by atoms with Gasteiger partial charge >= 0.3 is 39.5 Å². The van der Waals surface area contributed by atoms with Crippen molar-refractivity contribution in [1.29, 1.82) is 0 Å². The van der Waals surface area contributed by atoms with Gasteiger partial charge in [0.2, 0.25) is 0 Å². The molecule has 0 radical (unpaired) electrons. The first-order valence-electron chi connectivity index (χ1n) is 37.7. The van der Waals surface area contributed by atoms with Crippen LogP contribution < -0.4 is 0 Å². The van der Waals surface area contributed by atoms with Crippen molar-refractivity contribution in [3.8, 4) is 0 Å². The molecule has 0 amide bonds. The fraction of sp³-hybridized carbons (Fsp3) is 0.945. The van der Waals surface area contributed by atoms with Crippen LogP contribution in [-0.4, -0.2) is 96.7 Å². The van der Waals surface area contributed by atoms with Crippen molar-refractivity contribution in [2.45, 2.75) is 382 Å². The van der Waals surface area contributed by atoms with E-state index >= 15 is 0 Å². The standard InChI is InChI=1S/C73H142O17P2/c1-9-66(8)52-44-36-30-32-40-48-56-73(78)90-69(60-84-71(76)54-46-38-31-29-35-43-51-65(6)7)62-88-92(81,82)86-58-67(74)57-85-91(79,80)87-61-68(89-72(77)55-47-39-28-24-20-16-18-22-26-34-42-50-64(4)5)59-83-70(75)53-45-37-27-23-19-15-13-11-10-12-14-17-21-25-33-41-49-63(2)3/h63-69,74H,9-62H2,1-8H3,(H,79,80)(H,81,82)/t66?,67-,68-,69-/m1/s1. The van der Waals surface area contributed by atoms with Gasteiger partial charge in [-0.05, 0) is 49.4 Å². The van der Waals surface area contributed by atoms with Crippen molar-refractivity contribution in [1.82, 2.24) is 0 Å². The number of aliphatic hydroxyl groups excluding tert-OH is 1. The monoisotopic (exact) mass is 1350 g/mol. The molecule has 19 heteroatoms. The van der Waals surface area contributed by atoms with Crippen LogP contribution in [0.15, 0.2) is 0 Å². The van der Waals surface area contributed by atoms with Gasteiger partial charge in [0, 0.05) is 25.7 Å². The van der Waals surface area contributed by atoms with Crippen molar-refractivity contribution >= 4 is 39.5 Å². The van der Waals surface area contributed by atoms with Crippen LogP contribution in [0.5, 0.6) is 0 Å². The highest BCUT2D eigenvalue weighted by molar-refractivity contribution is 7.47. The second-order valence-electron chi connectivity index (χ2n) is 28.0. The van der Waals surface area contributed by atoms with Gasteiger partial charge in [0.1, 0.15) is 19.3 Å². The SMILES string of the molecule is CCC(C)CCCCCCCCC(=O)O[C@H](COC(=O)CCCCCCCCC(C)C)COP(=O)(O)OC[C@H](O)COP(=O)(O)OC[C@@H](COC(=O)CCCCCCCCCCCCCCCCCCC(C)C)OC(=O)CCCCCCCCCCCCCC(C)C. The predicted molar refractivity (Wildman–Crippen MR) is 372 cm³/mol. The fourth-order valence-corrected chi connectivity index (χ4v) is 12.6. The Labute approximate surface area is 562 Å². The number of unbranched alkanes of at least 4 members (excludes halogenated alkanes) is 35. The molecule has 0 spiro atoms. The third-order valence-corrected chi connectivity index (χ3v) is 19.1. The molecular weight excluding hydrogens is 1210 g/mol. The Morgan fingerprint density at radius 3 is 0.772 bits per heavy atom. The van der Waals surface area contributed by atoms with E-state index in [4.69, 9.17) is 37.0 Å². The Morgan fingerprint density at radius 1 is 0.304 bits per heavy atom. The molecule has 3 N–H and O–H groups in total. The maximum atomic E-state index is 13.1. The van der Waals surface area contributed by atoms with Gasteiger partial charge < -0.3 is 33.8 Å². The maximum Gasteiger partial charge on any atom is 0.472 e. The molecule has 0 aromatic rings. The van der Waals surface area contributed by atoms with Gasteiger partial charge in [0.15, 0.2) is 12.2 Å². The molecular formula is C73H142O17P2. The molecule has 0 rings (SSSR count). The van der Waals surface area contributed by atoms with Crippen molar-refractivity contribution < 1.29 is 80.2 Å². The third-order valence-electron chi connectivity index (χ3n) is 17.2. The lowest BCUT2D eigenvalue weighted by Gasteiger charge is -2.21. The summed E-state index contributed by atoms with van der Waals surface area (Å²) < 4.78 is 68.3. The first-order valence-corrected chi connectivity index (χ1v) is 40.7. The van der Waals surface area contributed by atoms with E-state index in [1.807, 2.05) is 0 Å². The van der Waals surface area contributed by atoms with Crippen molar-refractivity contribution in [3.05, 3.63) is 0 Å². The zero-order chi connectivity index (χ0) is 68.2. The van der Waals surface area contributed by atoms with Crippen LogP contribution in [0.25, 0.3) is 0 Å². The molecule has 92 heavy (non-hydrogen) atoms. The Kier molecular flexibility index (Phi) is 61.3. The summed E-state index contributed by atoms with van der Waals surface area (Å²) in [6, 6.07) is 0. The van der Waals surface area contributed by atoms with Crippen LogP contribution in [-0.2, 0) is 65.4 Å². The number of rotatable bonds is 70. The molecule has 0 fully saturated rings. The molecule has 0 aromatic carbocycles. The lowest BCUT2D eigenvalue weighted by molar-refractivity contribution is -0.161. The molecule has 0 aromatic heterocycles. The second-order valence-corrected chi connectivity index (χ2v) is 30.9. The summed E-state index contributed by atoms with van der Waals surface area (Å²) in [4.78, 5) is 72.6. The normalized spacial score (nSPS) is 14.5. The summed E-state index contributed by atoms with van der Waals surface area (Å²) in [6.07, 6.45) is 46.1. The lowest BCUT2D eigenvalue weighted by atomic mass is 10.00. The van der Waals surface area contributed by atoms with E-state index in [9.17, 15) is 43.2 Å². The van der Waals surface area contributed by atoms with E-state index in [2.05, 4.69) is 55.4 Å². The summed E-state index contributed by atoms with van der Waals surface area (Å²) in [5, 5.41) is 10.6. The average molecular weight is 1350 g/mol. The van der Waals surface area contributed by atoms with E-state index < -0.39 is 97.5 Å². The van der Waals surface area contributed by atoms with E-state index in [0.29, 0.717) is 31.6 Å². The molecule has 17 nitrogen and oxygen atoms in total. The summed E-state index contributed by atoms with van der Waals surface area (Å²) in [6.45, 7) is 14.1. The van der Waals surface area contributed by atoms with E-state index in [0.717, 1.165) is 114 Å². The molecule has 0 heterocycles. The number of carbonyl (C=O) groups is 4. The number of phosphoric acid groups is 2. The smallest absolute Gasteiger partial charge is 0.462 e. The van der Waals surface area contributed by atoms with Crippen LogP contribution >= 0.6 is 15.6 Å². The summed E-state index contributed by atoms with van der Waals surface area (Å²) in [7, 11) is -9.91. The summed E-state index contributed by atoms with van der Waals surface area (Å²) in [5.41, 5.74) is 0. The zero-order valence-electron chi connectivity index (χ0n) is 60.2. The first kappa shape index (κ1) is 90.1. The van der Waals surface area contributed by atoms with Gasteiger partial charge in [-0.15, -0.1) is 0 Å². The van der Waals surface area contributed by atoms with Gasteiger partial charge in [-0.2, -0.15) is 0 Å². The number of phosphoric ester groups is 2. The molecule has 546 valence electrons. The highest BCUT2D eigenvalue weighted by Gasteiger charge is 2.30. The van der Waals surface area contributed by atoms with E-state index in [-0.39, 0.29) is 25.7 Å². The average Bonchev–Trinajstić information content (AvgIpc) is 2.64. The Balaban J connectivity index is 5.20. The van der Waals surface area contributed by atoms with Crippen LogP contribution in [0.3, 0.4) is 0 Å². The Bertz CT molecular complexity index is 1820. The quantitative estimate of drug-likeness (QED) is 0.0222. The van der Waals surface area contributed by atoms with Crippen LogP contribution in [0.2, 0.25) is 0 Å². The topological polar surface area (TPSA) is 237 Å². The number of ether oxygens (including phenoxy) is 4. The van der Waals surface area contributed by atoms with Gasteiger partial charge in [-0.25, -0.2) is 9.13 Å². The Morgan fingerprint density at radius 2 is 0.522 bits per heavy atom. The number of hydrogen-bond acceptors (Lipinski definition) is 15. The minimum atomic E-state index is -4.96. The minimum Gasteiger partial charge on any atom is -0.462 e. The van der Waals surface area contributed by atoms with Crippen molar-refractivity contribution in [2.75, 3.05) is 39.6 Å². The van der Waals surface area contributed by atoms with Crippen molar-refractivity contribution in [3.63, 3.8) is 0 Å². The number of hydrogen-bond donors (Lipinski definition) is 3. The minimum absolute atomic E-state index is 0.102. The van der Waals surface area contributed by atoms with Crippen LogP contribution in [0, 0.1) is 23.7 Å². The number of carbonyl (C=O) groups excluding carboxylic acids is 4. The molecule has 0 aliphatic heterocycles. The summed E-state index contributed by atoms with van der Waals surface area (Å²) in [5.74, 6) is 0.847. The number of esters is 4. The Hall–Kier alpha value is -1.94. The summed E-state index contributed by atoms with van der Waals surface area (Å²) >= 11 is 0. The van der Waals surface area contributed by atoms with Gasteiger partial charge in [-0.1, -0.05) is 312 Å².